The molecule has 5 heteroatoms. The molecule has 0 N–H and O–H groups in total. The van der Waals surface area contributed by atoms with Crippen LogP contribution in [0.1, 0.15) is 75.8 Å². The molecule has 2 aliphatic carbocycles. The summed E-state index contributed by atoms with van der Waals surface area (Å²) >= 11 is 0. The van der Waals surface area contributed by atoms with Crippen molar-refractivity contribution in [1.29, 1.82) is 0 Å². The number of benzene rings is 2. The van der Waals surface area contributed by atoms with Gasteiger partial charge in [0.15, 0.2) is 11.5 Å². The molecule has 0 unspecified atom stereocenters. The minimum Gasteiger partial charge on any atom is -0.494 e. The van der Waals surface area contributed by atoms with E-state index in [-0.39, 0.29) is 5.41 Å². The molecule has 180 valence electrons. The van der Waals surface area contributed by atoms with Crippen molar-refractivity contribution in [3.63, 3.8) is 0 Å². The van der Waals surface area contributed by atoms with Crippen molar-refractivity contribution in [2.45, 2.75) is 76.5 Å². The van der Waals surface area contributed by atoms with Gasteiger partial charge in [-0.1, -0.05) is 69.7 Å². The predicted octanol–water partition coefficient (Wildman–Crippen LogP) is 7.18. The van der Waals surface area contributed by atoms with Crippen LogP contribution in [0.5, 0.6) is 5.75 Å². The Hall–Kier alpha value is -3.21. The van der Waals surface area contributed by atoms with Crippen LogP contribution in [0.3, 0.4) is 0 Å². The van der Waals surface area contributed by atoms with Gasteiger partial charge >= 0.3 is 0 Å². The molecule has 4 aromatic rings. The normalized spacial score (nSPS) is 16.3. The first kappa shape index (κ1) is 22.3. The van der Waals surface area contributed by atoms with Gasteiger partial charge in [-0.25, -0.2) is 14.5 Å². The van der Waals surface area contributed by atoms with E-state index in [1.54, 1.807) is 0 Å². The molecule has 0 radical (unpaired) electrons. The minimum atomic E-state index is 0.108. The van der Waals surface area contributed by atoms with Crippen LogP contribution >= 0.6 is 0 Å². The molecule has 0 saturated heterocycles. The first-order valence-corrected chi connectivity index (χ1v) is 13.3. The fourth-order valence-electron chi connectivity index (χ4n) is 6.10. The van der Waals surface area contributed by atoms with Crippen LogP contribution in [-0.2, 0) is 11.8 Å². The molecule has 0 amide bonds. The molecule has 1 spiro atoms. The highest BCUT2D eigenvalue weighted by Gasteiger charge is 2.42. The van der Waals surface area contributed by atoms with E-state index in [1.807, 2.05) is 23.0 Å². The second kappa shape index (κ2) is 9.44. The van der Waals surface area contributed by atoms with E-state index in [0.717, 1.165) is 47.9 Å². The summed E-state index contributed by atoms with van der Waals surface area (Å²) in [5.41, 5.74) is 7.18. The van der Waals surface area contributed by atoms with E-state index < -0.39 is 0 Å². The fraction of sp³-hybridized carbons (Fsp3) is 0.433. The van der Waals surface area contributed by atoms with Gasteiger partial charge in [0.25, 0.3) is 0 Å². The highest BCUT2D eigenvalue weighted by molar-refractivity contribution is 5.78. The first-order valence-electron chi connectivity index (χ1n) is 13.3. The molecule has 35 heavy (non-hydrogen) atoms. The average Bonchev–Trinajstić information content (AvgIpc) is 3.34. The van der Waals surface area contributed by atoms with Gasteiger partial charge < -0.3 is 4.74 Å². The third-order valence-electron chi connectivity index (χ3n) is 7.91. The Labute approximate surface area is 207 Å². The maximum Gasteiger partial charge on any atom is 0.182 e. The van der Waals surface area contributed by atoms with Crippen LogP contribution in [0.4, 0.5) is 0 Å². The van der Waals surface area contributed by atoms with Crippen molar-refractivity contribution < 1.29 is 4.74 Å². The Bertz CT molecular complexity index is 1320. The maximum absolute atomic E-state index is 5.93. The van der Waals surface area contributed by atoms with Gasteiger partial charge in [0.05, 0.1) is 12.3 Å². The molecule has 2 aromatic carbocycles. The van der Waals surface area contributed by atoms with Gasteiger partial charge in [0.2, 0.25) is 0 Å². The lowest BCUT2D eigenvalue weighted by atomic mass is 9.62. The Morgan fingerprint density at radius 1 is 0.943 bits per heavy atom. The van der Waals surface area contributed by atoms with Crippen molar-refractivity contribution in [3.05, 3.63) is 66.0 Å². The standard InChI is InChI=1S/C30H34N4O/c1-2-3-4-10-19-35-24-15-13-22(14-16-24)28-32-29-26-27(31-21-34(29)33-28)25-12-7-6-11-23(25)20-30(26)17-8-5-9-18-30/h6-7,11-16,21H,2-5,8-10,17-20H2,1H3. The quantitative estimate of drug-likeness (QED) is 0.271. The number of ether oxygens (including phenoxy) is 1. The van der Waals surface area contributed by atoms with Gasteiger partial charge in [0.1, 0.15) is 12.1 Å². The lowest BCUT2D eigenvalue weighted by molar-refractivity contribution is 0.288. The molecular formula is C30H34N4O. The smallest absolute Gasteiger partial charge is 0.182 e. The Morgan fingerprint density at radius 3 is 2.60 bits per heavy atom. The van der Waals surface area contributed by atoms with Crippen LogP contribution in [0.2, 0.25) is 0 Å². The Kier molecular flexibility index (Phi) is 6.01. The number of fused-ring (bicyclic) bond motifs is 6. The molecule has 5 nitrogen and oxygen atoms in total. The van der Waals surface area contributed by atoms with Crippen molar-refractivity contribution in [1.82, 2.24) is 19.6 Å². The van der Waals surface area contributed by atoms with Crippen molar-refractivity contribution >= 4 is 5.65 Å². The summed E-state index contributed by atoms with van der Waals surface area (Å²) in [6, 6.07) is 17.0. The van der Waals surface area contributed by atoms with E-state index in [9.17, 15) is 0 Å². The number of hydrogen-bond acceptors (Lipinski definition) is 4. The minimum absolute atomic E-state index is 0.108. The summed E-state index contributed by atoms with van der Waals surface area (Å²) in [5.74, 6) is 1.66. The summed E-state index contributed by atoms with van der Waals surface area (Å²) in [6.07, 6.45) is 14.0. The summed E-state index contributed by atoms with van der Waals surface area (Å²) in [6.45, 7) is 3.00. The number of rotatable bonds is 7. The van der Waals surface area contributed by atoms with E-state index in [4.69, 9.17) is 19.8 Å². The monoisotopic (exact) mass is 466 g/mol. The molecule has 6 rings (SSSR count). The van der Waals surface area contributed by atoms with Gasteiger partial charge in [-0.05, 0) is 55.5 Å². The number of hydrogen-bond donors (Lipinski definition) is 0. The third kappa shape index (κ3) is 4.11. The van der Waals surface area contributed by atoms with Crippen molar-refractivity contribution in [3.8, 4) is 28.4 Å². The summed E-state index contributed by atoms with van der Waals surface area (Å²) in [7, 11) is 0. The second-order valence-corrected chi connectivity index (χ2v) is 10.3. The average molecular weight is 467 g/mol. The lowest BCUT2D eigenvalue weighted by Crippen LogP contribution is -2.36. The first-order chi connectivity index (χ1) is 17.3. The van der Waals surface area contributed by atoms with E-state index in [0.29, 0.717) is 0 Å². The largest absolute Gasteiger partial charge is 0.494 e. The van der Waals surface area contributed by atoms with Crippen LogP contribution in [0.25, 0.3) is 28.3 Å². The van der Waals surface area contributed by atoms with Crippen molar-refractivity contribution in [2.75, 3.05) is 6.61 Å². The zero-order valence-corrected chi connectivity index (χ0v) is 20.7. The molecule has 1 saturated carbocycles. The molecule has 0 atom stereocenters. The van der Waals surface area contributed by atoms with Crippen molar-refractivity contribution in [2.24, 2.45) is 0 Å². The van der Waals surface area contributed by atoms with Crippen LogP contribution < -0.4 is 4.74 Å². The zero-order chi connectivity index (χ0) is 23.7. The fourth-order valence-corrected chi connectivity index (χ4v) is 6.10. The SMILES string of the molecule is CCCCCCOc1ccc(-c2nc3c4c(ncn3n2)-c2ccccc2CC42CCCCC2)cc1. The van der Waals surface area contributed by atoms with Crippen LogP contribution in [-0.4, -0.2) is 26.2 Å². The second-order valence-electron chi connectivity index (χ2n) is 10.3. The molecule has 2 heterocycles. The highest BCUT2D eigenvalue weighted by Crippen LogP contribution is 2.50. The number of aromatic nitrogens is 4. The third-order valence-corrected chi connectivity index (χ3v) is 7.91. The number of unbranched alkanes of at least 4 members (excludes halogenated alkanes) is 3. The summed E-state index contributed by atoms with van der Waals surface area (Å²) in [4.78, 5) is 10.1. The molecule has 2 aromatic heterocycles. The highest BCUT2D eigenvalue weighted by atomic mass is 16.5. The van der Waals surface area contributed by atoms with Gasteiger partial charge in [-0.3, -0.25) is 0 Å². The van der Waals surface area contributed by atoms with Gasteiger partial charge in [-0.2, -0.15) is 0 Å². The Balaban J connectivity index is 1.35. The van der Waals surface area contributed by atoms with Crippen LogP contribution in [0, 0.1) is 0 Å². The van der Waals surface area contributed by atoms with E-state index in [1.165, 1.54) is 68.1 Å². The van der Waals surface area contributed by atoms with E-state index in [2.05, 4.69) is 43.3 Å². The molecule has 1 fully saturated rings. The topological polar surface area (TPSA) is 52.3 Å². The maximum atomic E-state index is 5.93. The Morgan fingerprint density at radius 2 is 1.77 bits per heavy atom. The van der Waals surface area contributed by atoms with Crippen LogP contribution in [0.15, 0.2) is 54.9 Å². The summed E-state index contributed by atoms with van der Waals surface area (Å²) < 4.78 is 7.83. The molecule has 0 bridgehead atoms. The van der Waals surface area contributed by atoms with Gasteiger partial charge in [0, 0.05) is 22.1 Å². The van der Waals surface area contributed by atoms with Gasteiger partial charge in [-0.15, -0.1) is 5.10 Å². The molecular weight excluding hydrogens is 432 g/mol. The lowest BCUT2D eigenvalue weighted by Gasteiger charge is -2.42. The van der Waals surface area contributed by atoms with E-state index >= 15 is 0 Å². The predicted molar refractivity (Wildman–Crippen MR) is 140 cm³/mol. The molecule has 2 aliphatic rings. The molecule has 0 aliphatic heterocycles. The summed E-state index contributed by atoms with van der Waals surface area (Å²) in [5, 5.41) is 4.85. The zero-order valence-electron chi connectivity index (χ0n) is 20.7. The number of nitrogens with zero attached hydrogens (tertiary/aromatic N) is 4.